The molecule has 0 amide bonds. The van der Waals surface area contributed by atoms with Gasteiger partial charge in [-0.05, 0) is 41.8 Å². The van der Waals surface area contributed by atoms with Gasteiger partial charge >= 0.3 is 0 Å². The molecule has 0 spiro atoms. The number of H-pyrrole nitrogens is 1. The lowest BCUT2D eigenvalue weighted by Gasteiger charge is -2.14. The van der Waals surface area contributed by atoms with Crippen LogP contribution in [-0.4, -0.2) is 37.1 Å². The maximum Gasteiger partial charge on any atom is 0.203 e. The first-order chi connectivity index (χ1) is 14.6. The molecule has 4 aromatic rings. The largest absolute Gasteiger partial charge is 0.493 e. The summed E-state index contributed by atoms with van der Waals surface area (Å²) in [6.07, 6.45) is 1.84. The minimum absolute atomic E-state index is 0.207. The van der Waals surface area contributed by atoms with E-state index in [0.717, 1.165) is 15.9 Å². The fraction of sp³-hybridized carbons (Fsp3) is 0.130. The number of hydrogen-bond donors (Lipinski definition) is 1. The van der Waals surface area contributed by atoms with Crippen LogP contribution in [-0.2, 0) is 0 Å². The Kier molecular flexibility index (Phi) is 5.54. The van der Waals surface area contributed by atoms with Crippen molar-refractivity contribution in [2.24, 2.45) is 0 Å². The monoisotopic (exact) mass is 420 g/mol. The van der Waals surface area contributed by atoms with E-state index in [2.05, 4.69) is 9.97 Å². The van der Waals surface area contributed by atoms with Crippen LogP contribution < -0.4 is 14.2 Å². The van der Waals surface area contributed by atoms with Crippen LogP contribution >= 0.6 is 11.3 Å². The van der Waals surface area contributed by atoms with Crippen molar-refractivity contribution in [2.75, 3.05) is 21.3 Å². The Hall–Kier alpha value is -3.58. The number of ether oxygens (including phenoxy) is 3. The molecule has 152 valence electrons. The van der Waals surface area contributed by atoms with Gasteiger partial charge in [0, 0.05) is 10.4 Å². The van der Waals surface area contributed by atoms with Crippen molar-refractivity contribution >= 4 is 39.8 Å². The molecule has 30 heavy (non-hydrogen) atoms. The quantitative estimate of drug-likeness (QED) is 0.334. The van der Waals surface area contributed by atoms with E-state index in [1.54, 1.807) is 23.5 Å². The highest BCUT2D eigenvalue weighted by Gasteiger charge is 2.22. The van der Waals surface area contributed by atoms with Crippen LogP contribution in [0.1, 0.15) is 21.1 Å². The lowest BCUT2D eigenvalue weighted by Crippen LogP contribution is -2.06. The number of carbonyl (C=O) groups is 1. The first-order valence-electron chi connectivity index (χ1n) is 9.19. The number of aromatic nitrogens is 2. The summed E-state index contributed by atoms with van der Waals surface area (Å²) >= 11 is 1.55. The number of aromatic amines is 1. The summed E-state index contributed by atoms with van der Waals surface area (Å²) in [4.78, 5) is 22.4. The third-order valence-corrected chi connectivity index (χ3v) is 5.47. The Morgan fingerprint density at radius 2 is 1.73 bits per heavy atom. The standard InChI is InChI=1S/C23H20N2O4S/c1-27-19-11-14(12-20(28-2)22(19)29-3)21(26)16(13-15-7-6-10-30-15)23-24-17-8-4-5-9-18(17)25-23/h4-13H,1-3H3,(H,24,25). The van der Waals surface area contributed by atoms with E-state index in [1.165, 1.54) is 21.3 Å². The third-order valence-electron chi connectivity index (χ3n) is 4.65. The molecule has 0 aliphatic heterocycles. The molecular weight excluding hydrogens is 400 g/mol. The van der Waals surface area contributed by atoms with Gasteiger partial charge in [0.2, 0.25) is 5.75 Å². The highest BCUT2D eigenvalue weighted by atomic mass is 32.1. The first-order valence-corrected chi connectivity index (χ1v) is 10.1. The van der Waals surface area contributed by atoms with Gasteiger partial charge in [0.25, 0.3) is 0 Å². The van der Waals surface area contributed by atoms with Crippen LogP contribution in [0, 0.1) is 0 Å². The molecule has 0 fully saturated rings. The van der Waals surface area contributed by atoms with Crippen molar-refractivity contribution in [1.82, 2.24) is 9.97 Å². The number of imidazole rings is 1. The molecule has 0 atom stereocenters. The zero-order valence-corrected chi connectivity index (χ0v) is 17.6. The zero-order chi connectivity index (χ0) is 21.1. The fourth-order valence-corrected chi connectivity index (χ4v) is 3.86. The number of ketones is 1. The number of thiophene rings is 1. The maximum atomic E-state index is 13.6. The predicted octanol–water partition coefficient (Wildman–Crippen LogP) is 5.07. The molecule has 4 rings (SSSR count). The highest BCUT2D eigenvalue weighted by Crippen LogP contribution is 2.39. The Morgan fingerprint density at radius 1 is 1.00 bits per heavy atom. The van der Waals surface area contributed by atoms with Crippen LogP contribution in [0.2, 0.25) is 0 Å². The normalized spacial score (nSPS) is 11.5. The van der Waals surface area contributed by atoms with Gasteiger partial charge in [-0.25, -0.2) is 4.98 Å². The topological polar surface area (TPSA) is 73.4 Å². The Bertz CT molecular complexity index is 1170. The second-order valence-electron chi connectivity index (χ2n) is 6.42. The molecule has 0 aliphatic rings. The summed E-state index contributed by atoms with van der Waals surface area (Å²) in [6, 6.07) is 14.9. The van der Waals surface area contributed by atoms with Gasteiger partial charge < -0.3 is 19.2 Å². The van der Waals surface area contributed by atoms with Gasteiger partial charge in [-0.2, -0.15) is 0 Å². The number of methoxy groups -OCH3 is 3. The molecule has 2 aromatic carbocycles. The molecule has 2 aromatic heterocycles. The van der Waals surface area contributed by atoms with Crippen molar-refractivity contribution in [3.8, 4) is 17.2 Å². The van der Waals surface area contributed by atoms with E-state index in [-0.39, 0.29) is 5.78 Å². The van der Waals surface area contributed by atoms with Crippen LogP contribution in [0.5, 0.6) is 17.2 Å². The second-order valence-corrected chi connectivity index (χ2v) is 7.40. The minimum Gasteiger partial charge on any atom is -0.493 e. The molecule has 0 unspecified atom stereocenters. The maximum absolute atomic E-state index is 13.6. The average Bonchev–Trinajstić information content (AvgIpc) is 3.45. The molecule has 6 nitrogen and oxygen atoms in total. The van der Waals surface area contributed by atoms with Crippen molar-refractivity contribution in [3.05, 3.63) is 70.2 Å². The molecule has 0 bridgehead atoms. The number of allylic oxidation sites excluding steroid dienone is 1. The molecule has 7 heteroatoms. The summed E-state index contributed by atoms with van der Waals surface area (Å²) in [7, 11) is 4.57. The van der Waals surface area contributed by atoms with E-state index >= 15 is 0 Å². The Morgan fingerprint density at radius 3 is 2.33 bits per heavy atom. The summed E-state index contributed by atoms with van der Waals surface area (Å²) in [5.41, 5.74) is 2.51. The van der Waals surface area contributed by atoms with Crippen molar-refractivity contribution in [1.29, 1.82) is 0 Å². The van der Waals surface area contributed by atoms with E-state index < -0.39 is 0 Å². The summed E-state index contributed by atoms with van der Waals surface area (Å²) in [5, 5.41) is 1.96. The molecule has 2 heterocycles. The van der Waals surface area contributed by atoms with Crippen LogP contribution in [0.3, 0.4) is 0 Å². The number of rotatable bonds is 7. The number of nitrogens with one attached hydrogen (secondary N) is 1. The van der Waals surface area contributed by atoms with Crippen LogP contribution in [0.15, 0.2) is 53.9 Å². The average molecular weight is 420 g/mol. The lowest BCUT2D eigenvalue weighted by molar-refractivity contribution is 0.105. The second kappa shape index (κ2) is 8.42. The number of fused-ring (bicyclic) bond motifs is 1. The van der Waals surface area contributed by atoms with Crippen LogP contribution in [0.4, 0.5) is 0 Å². The highest BCUT2D eigenvalue weighted by molar-refractivity contribution is 7.11. The van der Waals surface area contributed by atoms with Gasteiger partial charge in [-0.15, -0.1) is 11.3 Å². The third kappa shape index (κ3) is 3.67. The number of carbonyl (C=O) groups excluding carboxylic acids is 1. The van der Waals surface area contributed by atoms with Gasteiger partial charge in [0.15, 0.2) is 17.3 Å². The summed E-state index contributed by atoms with van der Waals surface area (Å²) < 4.78 is 16.2. The fourth-order valence-electron chi connectivity index (χ4n) is 3.21. The Balaban J connectivity index is 1.86. The molecular formula is C23H20N2O4S. The zero-order valence-electron chi connectivity index (χ0n) is 16.8. The van der Waals surface area contributed by atoms with Crippen molar-refractivity contribution < 1.29 is 19.0 Å². The Labute approximate surface area is 177 Å². The molecule has 0 radical (unpaired) electrons. The predicted molar refractivity (Wildman–Crippen MR) is 119 cm³/mol. The molecule has 0 saturated carbocycles. The lowest BCUT2D eigenvalue weighted by atomic mass is 10.0. The van der Waals surface area contributed by atoms with Crippen LogP contribution in [0.25, 0.3) is 22.7 Å². The van der Waals surface area contributed by atoms with Crippen molar-refractivity contribution in [2.45, 2.75) is 0 Å². The minimum atomic E-state index is -0.207. The summed E-state index contributed by atoms with van der Waals surface area (Å²) in [6.45, 7) is 0. The first kappa shape index (κ1) is 19.7. The molecule has 1 N–H and O–H groups in total. The number of nitrogens with zero attached hydrogens (tertiary/aromatic N) is 1. The van der Waals surface area contributed by atoms with E-state index in [1.807, 2.05) is 47.9 Å². The van der Waals surface area contributed by atoms with Gasteiger partial charge in [-0.1, -0.05) is 18.2 Å². The number of benzene rings is 2. The summed E-state index contributed by atoms with van der Waals surface area (Å²) in [5.74, 6) is 1.56. The van der Waals surface area contributed by atoms with Gasteiger partial charge in [0.1, 0.15) is 5.82 Å². The van der Waals surface area contributed by atoms with Crippen molar-refractivity contribution in [3.63, 3.8) is 0 Å². The van der Waals surface area contributed by atoms with Gasteiger partial charge in [0.05, 0.1) is 37.9 Å². The number of para-hydroxylation sites is 2. The molecule has 0 saturated heterocycles. The van der Waals surface area contributed by atoms with E-state index in [9.17, 15) is 4.79 Å². The van der Waals surface area contributed by atoms with Gasteiger partial charge in [-0.3, -0.25) is 4.79 Å². The van der Waals surface area contributed by atoms with E-state index in [0.29, 0.717) is 34.2 Å². The smallest absolute Gasteiger partial charge is 0.203 e. The van der Waals surface area contributed by atoms with E-state index in [4.69, 9.17) is 14.2 Å². The molecule has 0 aliphatic carbocycles. The SMILES string of the molecule is COc1cc(C(=O)C(=Cc2cccs2)c2nc3ccccc3[nH]2)cc(OC)c1OC. The number of hydrogen-bond acceptors (Lipinski definition) is 6. The number of Topliss-reactive ketones (excluding diaryl/α,β-unsaturated/α-hetero) is 1.